The van der Waals surface area contributed by atoms with E-state index in [1.807, 2.05) is 18.2 Å². The molecule has 4 nitrogen and oxygen atoms in total. The van der Waals surface area contributed by atoms with Crippen molar-refractivity contribution >= 4 is 23.4 Å². The van der Waals surface area contributed by atoms with Gasteiger partial charge < -0.3 is 10.2 Å². The summed E-state index contributed by atoms with van der Waals surface area (Å²) in [7, 11) is 0. The second-order valence-corrected chi connectivity index (χ2v) is 5.68. The Bertz CT molecular complexity index is 504. The maximum absolute atomic E-state index is 12.0. The number of halogens is 1. The molecule has 1 fully saturated rings. The van der Waals surface area contributed by atoms with Gasteiger partial charge in [0.25, 0.3) is 0 Å². The average molecular weight is 295 g/mol. The summed E-state index contributed by atoms with van der Waals surface area (Å²) < 4.78 is 0. The number of nitrogens with one attached hydrogen (secondary N) is 1. The SMILES string of the molecule is CC1CCCN(C(=O)C(=O)NCc2ccccc2Cl)C1. The highest BCUT2D eigenvalue weighted by molar-refractivity contribution is 6.35. The second kappa shape index (κ2) is 6.75. The number of nitrogens with zero attached hydrogens (tertiary/aromatic N) is 1. The molecule has 1 atom stereocenters. The molecule has 1 saturated heterocycles. The van der Waals surface area contributed by atoms with Crippen LogP contribution in [0.3, 0.4) is 0 Å². The fraction of sp³-hybridized carbons (Fsp3) is 0.467. The van der Waals surface area contributed by atoms with Crippen molar-refractivity contribution in [3.05, 3.63) is 34.9 Å². The molecule has 0 aliphatic carbocycles. The van der Waals surface area contributed by atoms with Crippen molar-refractivity contribution in [2.75, 3.05) is 13.1 Å². The van der Waals surface area contributed by atoms with Gasteiger partial charge in [-0.3, -0.25) is 9.59 Å². The summed E-state index contributed by atoms with van der Waals surface area (Å²) in [6.45, 7) is 3.70. The van der Waals surface area contributed by atoms with Crippen LogP contribution in [0.25, 0.3) is 0 Å². The van der Waals surface area contributed by atoms with Crippen LogP contribution >= 0.6 is 11.6 Å². The number of hydrogen-bond donors (Lipinski definition) is 1. The number of piperidine rings is 1. The molecule has 1 heterocycles. The number of hydrogen-bond acceptors (Lipinski definition) is 2. The Kier molecular flexibility index (Phi) is 5.01. The van der Waals surface area contributed by atoms with Gasteiger partial charge in [-0.05, 0) is 30.4 Å². The molecule has 108 valence electrons. The van der Waals surface area contributed by atoms with Gasteiger partial charge in [-0.1, -0.05) is 36.7 Å². The zero-order chi connectivity index (χ0) is 14.5. The van der Waals surface area contributed by atoms with Gasteiger partial charge >= 0.3 is 11.8 Å². The van der Waals surface area contributed by atoms with Gasteiger partial charge in [-0.2, -0.15) is 0 Å². The van der Waals surface area contributed by atoms with Crippen LogP contribution in [0.4, 0.5) is 0 Å². The van der Waals surface area contributed by atoms with Gasteiger partial charge in [0.15, 0.2) is 0 Å². The van der Waals surface area contributed by atoms with Crippen molar-refractivity contribution in [3.63, 3.8) is 0 Å². The molecule has 0 bridgehead atoms. The predicted molar refractivity (Wildman–Crippen MR) is 78.3 cm³/mol. The van der Waals surface area contributed by atoms with E-state index in [2.05, 4.69) is 12.2 Å². The lowest BCUT2D eigenvalue weighted by Gasteiger charge is -2.30. The highest BCUT2D eigenvalue weighted by Gasteiger charge is 2.25. The van der Waals surface area contributed by atoms with Gasteiger partial charge in [0.05, 0.1) is 0 Å². The van der Waals surface area contributed by atoms with E-state index in [0.717, 1.165) is 18.4 Å². The molecule has 0 saturated carbocycles. The van der Waals surface area contributed by atoms with Crippen LogP contribution in [0.2, 0.25) is 5.02 Å². The highest BCUT2D eigenvalue weighted by atomic mass is 35.5. The Balaban J connectivity index is 1.88. The topological polar surface area (TPSA) is 49.4 Å². The molecule has 5 heteroatoms. The zero-order valence-corrected chi connectivity index (χ0v) is 12.3. The summed E-state index contributed by atoms with van der Waals surface area (Å²) in [5.41, 5.74) is 0.808. The molecule has 0 spiro atoms. The van der Waals surface area contributed by atoms with Crippen LogP contribution in [0.1, 0.15) is 25.3 Å². The Morgan fingerprint density at radius 2 is 2.15 bits per heavy atom. The summed E-state index contributed by atoms with van der Waals surface area (Å²) in [5.74, 6) is -0.535. The fourth-order valence-electron chi connectivity index (χ4n) is 2.41. The lowest BCUT2D eigenvalue weighted by Crippen LogP contribution is -2.46. The number of benzene rings is 1. The molecule has 20 heavy (non-hydrogen) atoms. The summed E-state index contributed by atoms with van der Waals surface area (Å²) in [5, 5.41) is 3.23. The minimum atomic E-state index is -0.556. The maximum atomic E-state index is 12.0. The Morgan fingerprint density at radius 1 is 1.40 bits per heavy atom. The van der Waals surface area contributed by atoms with E-state index in [0.29, 0.717) is 24.0 Å². The van der Waals surface area contributed by atoms with Crippen LogP contribution in [0.15, 0.2) is 24.3 Å². The van der Waals surface area contributed by atoms with E-state index >= 15 is 0 Å². The van der Waals surface area contributed by atoms with Crippen molar-refractivity contribution in [3.8, 4) is 0 Å². The van der Waals surface area contributed by atoms with Crippen molar-refractivity contribution in [2.24, 2.45) is 5.92 Å². The van der Waals surface area contributed by atoms with Crippen LogP contribution in [-0.4, -0.2) is 29.8 Å². The molecule has 1 aliphatic rings. The van der Waals surface area contributed by atoms with E-state index < -0.39 is 11.8 Å². The summed E-state index contributed by atoms with van der Waals surface area (Å²) in [4.78, 5) is 25.6. The van der Waals surface area contributed by atoms with Crippen molar-refractivity contribution in [2.45, 2.75) is 26.3 Å². The van der Waals surface area contributed by atoms with E-state index in [1.54, 1.807) is 11.0 Å². The Morgan fingerprint density at radius 3 is 2.85 bits per heavy atom. The van der Waals surface area contributed by atoms with Gasteiger partial charge in [-0.15, -0.1) is 0 Å². The number of carbonyl (C=O) groups is 2. The molecule has 2 rings (SSSR count). The first-order chi connectivity index (χ1) is 9.58. The van der Waals surface area contributed by atoms with Crippen molar-refractivity contribution in [1.82, 2.24) is 10.2 Å². The monoisotopic (exact) mass is 294 g/mol. The largest absolute Gasteiger partial charge is 0.344 e. The third kappa shape index (κ3) is 3.73. The minimum Gasteiger partial charge on any atom is -0.344 e. The second-order valence-electron chi connectivity index (χ2n) is 5.27. The molecule has 0 aromatic heterocycles. The number of carbonyl (C=O) groups excluding carboxylic acids is 2. The first-order valence-electron chi connectivity index (χ1n) is 6.88. The molecule has 1 aliphatic heterocycles. The maximum Gasteiger partial charge on any atom is 0.311 e. The molecule has 0 radical (unpaired) electrons. The third-order valence-electron chi connectivity index (χ3n) is 3.54. The smallest absolute Gasteiger partial charge is 0.311 e. The molecule has 1 aromatic rings. The molecular weight excluding hydrogens is 276 g/mol. The number of likely N-dealkylation sites (tertiary alicyclic amines) is 1. The first-order valence-corrected chi connectivity index (χ1v) is 7.26. The number of amides is 2. The van der Waals surface area contributed by atoms with Crippen molar-refractivity contribution < 1.29 is 9.59 Å². The number of rotatable bonds is 2. The molecule has 1 aromatic carbocycles. The standard InChI is InChI=1S/C15H19ClN2O2/c1-11-5-4-8-18(10-11)15(20)14(19)17-9-12-6-2-3-7-13(12)16/h2-3,6-7,11H,4-5,8-10H2,1H3,(H,17,19). The van der Waals surface area contributed by atoms with Gasteiger partial charge in [0.1, 0.15) is 0 Å². The molecule has 2 amide bonds. The van der Waals surface area contributed by atoms with Crippen LogP contribution in [-0.2, 0) is 16.1 Å². The van der Waals surface area contributed by atoms with Crippen LogP contribution in [0, 0.1) is 5.92 Å². The van der Waals surface area contributed by atoms with Crippen LogP contribution in [0.5, 0.6) is 0 Å². The predicted octanol–water partition coefficient (Wildman–Crippen LogP) is 2.21. The Labute approximate surface area is 124 Å². The highest BCUT2D eigenvalue weighted by Crippen LogP contribution is 2.16. The Hall–Kier alpha value is -1.55. The first kappa shape index (κ1) is 14.9. The van der Waals surface area contributed by atoms with Crippen molar-refractivity contribution in [1.29, 1.82) is 0 Å². The molecule has 1 N–H and O–H groups in total. The van der Waals surface area contributed by atoms with Gasteiger partial charge in [-0.25, -0.2) is 0 Å². The third-order valence-corrected chi connectivity index (χ3v) is 3.90. The molecule has 1 unspecified atom stereocenters. The normalized spacial score (nSPS) is 18.7. The lowest BCUT2D eigenvalue weighted by atomic mass is 10.0. The van der Waals surface area contributed by atoms with E-state index in [4.69, 9.17) is 11.6 Å². The zero-order valence-electron chi connectivity index (χ0n) is 11.6. The van der Waals surface area contributed by atoms with Gasteiger partial charge in [0, 0.05) is 24.7 Å². The summed E-state index contributed by atoms with van der Waals surface area (Å²) in [6, 6.07) is 7.27. The van der Waals surface area contributed by atoms with E-state index in [9.17, 15) is 9.59 Å². The fourth-order valence-corrected chi connectivity index (χ4v) is 2.61. The summed E-state index contributed by atoms with van der Waals surface area (Å²) >= 11 is 6.01. The van der Waals surface area contributed by atoms with Crippen LogP contribution < -0.4 is 5.32 Å². The summed E-state index contributed by atoms with van der Waals surface area (Å²) in [6.07, 6.45) is 2.08. The minimum absolute atomic E-state index is 0.271. The quantitative estimate of drug-likeness (QED) is 0.850. The van der Waals surface area contributed by atoms with Gasteiger partial charge in [0.2, 0.25) is 0 Å². The van der Waals surface area contributed by atoms with E-state index in [1.165, 1.54) is 0 Å². The lowest BCUT2D eigenvalue weighted by molar-refractivity contribution is -0.147. The van der Waals surface area contributed by atoms with E-state index in [-0.39, 0.29) is 6.54 Å². The average Bonchev–Trinajstić information content (AvgIpc) is 2.45. The molecular formula is C15H19ClN2O2.